The first-order chi connectivity index (χ1) is 11.5. The molecule has 0 aromatic heterocycles. The fourth-order valence-electron chi connectivity index (χ4n) is 2.59. The smallest absolute Gasteiger partial charge is 0.251 e. The molecule has 2 aromatic rings. The van der Waals surface area contributed by atoms with E-state index in [-0.39, 0.29) is 5.91 Å². The number of benzene rings is 2. The van der Waals surface area contributed by atoms with Crippen molar-refractivity contribution in [1.29, 1.82) is 0 Å². The summed E-state index contributed by atoms with van der Waals surface area (Å²) in [4.78, 5) is 13.7. The summed E-state index contributed by atoms with van der Waals surface area (Å²) in [5.74, 6) is 0.629. The number of aliphatic hydroxyl groups excluding tert-OH is 1. The third kappa shape index (κ3) is 3.86. The lowest BCUT2D eigenvalue weighted by Gasteiger charge is -2.26. The number of nitrogens with zero attached hydrogens (tertiary/aromatic N) is 1. The van der Waals surface area contributed by atoms with Gasteiger partial charge in [0.25, 0.3) is 5.91 Å². The van der Waals surface area contributed by atoms with Crippen LogP contribution in [-0.2, 0) is 4.79 Å². The first-order valence-corrected chi connectivity index (χ1v) is 7.65. The second-order valence-electron chi connectivity index (χ2n) is 5.70. The lowest BCUT2D eigenvalue weighted by Crippen LogP contribution is -2.38. The van der Waals surface area contributed by atoms with Gasteiger partial charge >= 0.3 is 0 Å². The second-order valence-corrected chi connectivity index (χ2v) is 5.70. The van der Waals surface area contributed by atoms with Gasteiger partial charge in [0.2, 0.25) is 0 Å². The first-order valence-electron chi connectivity index (χ1n) is 7.65. The first kappa shape index (κ1) is 17.8. The Bertz CT molecular complexity index is 617. The molecule has 0 bridgehead atoms. The van der Waals surface area contributed by atoms with Crippen molar-refractivity contribution in [2.45, 2.75) is 12.0 Å². The number of aliphatic hydroxyl groups is 1. The van der Waals surface area contributed by atoms with Crippen LogP contribution >= 0.6 is 0 Å². The molecule has 0 saturated heterocycles. The van der Waals surface area contributed by atoms with Gasteiger partial charge < -0.3 is 19.5 Å². The Morgan fingerprint density at radius 3 is 1.54 bits per heavy atom. The molecule has 1 amide bonds. The minimum absolute atomic E-state index is 0.341. The average Bonchev–Trinajstić information content (AvgIpc) is 2.62. The largest absolute Gasteiger partial charge is 0.497 e. The highest BCUT2D eigenvalue weighted by Gasteiger charge is 2.30. The van der Waals surface area contributed by atoms with Crippen molar-refractivity contribution in [3.8, 4) is 11.5 Å². The van der Waals surface area contributed by atoms with E-state index in [4.69, 9.17) is 9.47 Å². The summed E-state index contributed by atoms with van der Waals surface area (Å²) in [6.07, 6.45) is -1.18. The van der Waals surface area contributed by atoms with E-state index in [1.54, 1.807) is 28.3 Å². The van der Waals surface area contributed by atoms with Crippen molar-refractivity contribution in [2.75, 3.05) is 28.3 Å². The SMILES string of the molecule is COc1ccc(C(c2ccc(OC)cc2)C(O)C(=O)N(C)C)cc1. The van der Waals surface area contributed by atoms with Crippen molar-refractivity contribution in [2.24, 2.45) is 0 Å². The molecule has 128 valence electrons. The van der Waals surface area contributed by atoms with Crippen LogP contribution in [0.15, 0.2) is 48.5 Å². The molecule has 0 aliphatic heterocycles. The molecule has 0 radical (unpaired) electrons. The summed E-state index contributed by atoms with van der Waals surface area (Å²) in [5, 5.41) is 10.7. The number of amides is 1. The normalized spacial score (nSPS) is 11.9. The van der Waals surface area contributed by atoms with E-state index in [1.165, 1.54) is 4.90 Å². The van der Waals surface area contributed by atoms with E-state index in [2.05, 4.69) is 0 Å². The van der Waals surface area contributed by atoms with Crippen LogP contribution in [0.25, 0.3) is 0 Å². The monoisotopic (exact) mass is 329 g/mol. The molecule has 24 heavy (non-hydrogen) atoms. The summed E-state index contributed by atoms with van der Waals surface area (Å²) >= 11 is 0. The number of carbonyl (C=O) groups excluding carboxylic acids is 1. The molecule has 2 aromatic carbocycles. The molecule has 5 heteroatoms. The topological polar surface area (TPSA) is 59.0 Å². The summed E-state index contributed by atoms with van der Waals surface area (Å²) in [5.41, 5.74) is 1.67. The van der Waals surface area contributed by atoms with Crippen molar-refractivity contribution < 1.29 is 19.4 Å². The molecule has 0 heterocycles. The van der Waals surface area contributed by atoms with Gasteiger partial charge in [-0.15, -0.1) is 0 Å². The summed E-state index contributed by atoms with van der Waals surface area (Å²) in [6, 6.07) is 14.7. The zero-order valence-corrected chi connectivity index (χ0v) is 14.4. The standard InChI is InChI=1S/C19H23NO4/c1-20(2)19(22)18(21)17(13-5-9-15(23-3)10-6-13)14-7-11-16(24-4)12-8-14/h5-12,17-18,21H,1-4H3. The van der Waals surface area contributed by atoms with Gasteiger partial charge in [0.05, 0.1) is 14.2 Å². The van der Waals surface area contributed by atoms with Crippen LogP contribution in [-0.4, -0.2) is 50.3 Å². The fraction of sp³-hybridized carbons (Fsp3) is 0.316. The lowest BCUT2D eigenvalue weighted by molar-refractivity contribution is -0.138. The van der Waals surface area contributed by atoms with E-state index in [0.29, 0.717) is 0 Å². The Kier molecular flexibility index (Phi) is 5.82. The Hall–Kier alpha value is -2.53. The molecule has 0 fully saturated rings. The van der Waals surface area contributed by atoms with Gasteiger partial charge in [-0.05, 0) is 35.4 Å². The van der Waals surface area contributed by atoms with Gasteiger partial charge in [-0.3, -0.25) is 4.79 Å². The number of methoxy groups -OCH3 is 2. The van der Waals surface area contributed by atoms with Crippen LogP contribution in [0.5, 0.6) is 11.5 Å². The van der Waals surface area contributed by atoms with Crippen molar-refractivity contribution in [3.05, 3.63) is 59.7 Å². The van der Waals surface area contributed by atoms with Gasteiger partial charge in [0, 0.05) is 20.0 Å². The van der Waals surface area contributed by atoms with Crippen LogP contribution in [0.4, 0.5) is 0 Å². The van der Waals surface area contributed by atoms with E-state index >= 15 is 0 Å². The van der Waals surface area contributed by atoms with Crippen LogP contribution < -0.4 is 9.47 Å². The molecule has 0 aliphatic carbocycles. The lowest BCUT2D eigenvalue weighted by atomic mass is 9.86. The van der Waals surface area contributed by atoms with Crippen LogP contribution in [0.2, 0.25) is 0 Å². The van der Waals surface area contributed by atoms with Crippen LogP contribution in [0.3, 0.4) is 0 Å². The predicted molar refractivity (Wildman–Crippen MR) is 92.5 cm³/mol. The van der Waals surface area contributed by atoms with Gasteiger partial charge in [-0.25, -0.2) is 0 Å². The maximum absolute atomic E-state index is 12.3. The average molecular weight is 329 g/mol. The van der Waals surface area contributed by atoms with Gasteiger partial charge in [0.15, 0.2) is 0 Å². The summed E-state index contributed by atoms with van der Waals surface area (Å²) in [6.45, 7) is 0. The minimum atomic E-state index is -1.18. The molecule has 1 atom stereocenters. The Balaban J connectivity index is 2.44. The number of ether oxygens (including phenoxy) is 2. The highest BCUT2D eigenvalue weighted by molar-refractivity contribution is 5.82. The summed E-state index contributed by atoms with van der Waals surface area (Å²) < 4.78 is 10.4. The molecule has 1 N–H and O–H groups in total. The number of likely N-dealkylation sites (N-methyl/N-ethyl adjacent to an activating group) is 1. The zero-order chi connectivity index (χ0) is 17.7. The fourth-order valence-corrected chi connectivity index (χ4v) is 2.59. The quantitative estimate of drug-likeness (QED) is 0.883. The zero-order valence-electron chi connectivity index (χ0n) is 14.4. The molecule has 0 spiro atoms. The van der Waals surface area contributed by atoms with Crippen molar-refractivity contribution in [3.63, 3.8) is 0 Å². The number of hydrogen-bond acceptors (Lipinski definition) is 4. The van der Waals surface area contributed by atoms with Crippen LogP contribution in [0.1, 0.15) is 17.0 Å². The molecule has 2 rings (SSSR count). The van der Waals surface area contributed by atoms with Gasteiger partial charge in [0.1, 0.15) is 17.6 Å². The highest BCUT2D eigenvalue weighted by atomic mass is 16.5. The highest BCUT2D eigenvalue weighted by Crippen LogP contribution is 2.31. The molecule has 5 nitrogen and oxygen atoms in total. The predicted octanol–water partition coefficient (Wildman–Crippen LogP) is 2.28. The van der Waals surface area contributed by atoms with E-state index < -0.39 is 12.0 Å². The molecular weight excluding hydrogens is 306 g/mol. The Morgan fingerprint density at radius 2 is 1.25 bits per heavy atom. The number of hydrogen-bond donors (Lipinski definition) is 1. The van der Waals surface area contributed by atoms with E-state index in [0.717, 1.165) is 22.6 Å². The third-order valence-corrected chi connectivity index (χ3v) is 3.96. The molecular formula is C19H23NO4. The van der Waals surface area contributed by atoms with E-state index in [1.807, 2.05) is 48.5 Å². The van der Waals surface area contributed by atoms with Gasteiger partial charge in [-0.1, -0.05) is 24.3 Å². The third-order valence-electron chi connectivity index (χ3n) is 3.96. The maximum Gasteiger partial charge on any atom is 0.251 e. The maximum atomic E-state index is 12.3. The second kappa shape index (κ2) is 7.84. The number of carbonyl (C=O) groups is 1. The Morgan fingerprint density at radius 1 is 0.875 bits per heavy atom. The number of rotatable bonds is 6. The molecule has 0 saturated carbocycles. The molecule has 0 aliphatic rings. The van der Waals surface area contributed by atoms with Crippen molar-refractivity contribution in [1.82, 2.24) is 4.90 Å². The summed E-state index contributed by atoms with van der Waals surface area (Å²) in [7, 11) is 6.45. The minimum Gasteiger partial charge on any atom is -0.497 e. The van der Waals surface area contributed by atoms with Gasteiger partial charge in [-0.2, -0.15) is 0 Å². The molecule has 1 unspecified atom stereocenters. The van der Waals surface area contributed by atoms with Crippen molar-refractivity contribution >= 4 is 5.91 Å². The van der Waals surface area contributed by atoms with E-state index in [9.17, 15) is 9.90 Å². The Labute approximate surface area is 142 Å². The van der Waals surface area contributed by atoms with Crippen LogP contribution in [0, 0.1) is 0 Å².